The van der Waals surface area contributed by atoms with Crippen molar-refractivity contribution in [3.05, 3.63) is 95.8 Å². The van der Waals surface area contributed by atoms with Gasteiger partial charge in [-0.25, -0.2) is 13.2 Å². The maximum Gasteiger partial charge on any atom is 0.196 e. The van der Waals surface area contributed by atoms with E-state index in [2.05, 4.69) is 10.2 Å². The molecule has 3 nitrogen and oxygen atoms in total. The summed E-state index contributed by atoms with van der Waals surface area (Å²) >= 11 is 1.27. The number of nitrogens with zero attached hydrogens (tertiary/aromatic N) is 3. The van der Waals surface area contributed by atoms with Gasteiger partial charge in [0.2, 0.25) is 0 Å². The summed E-state index contributed by atoms with van der Waals surface area (Å²) in [7, 11) is 0. The molecule has 0 fully saturated rings. The lowest BCUT2D eigenvalue weighted by Gasteiger charge is -2.11. The lowest BCUT2D eigenvalue weighted by atomic mass is 10.2. The standard InChI is InChI=1S/C21H14F3N3S/c22-15-10-14(11-16(23)12-15)13-28-21-26-25-20(18-8-4-5-9-19(18)24)27(21)17-6-2-1-3-7-17/h1-12H,13H2. The lowest BCUT2D eigenvalue weighted by molar-refractivity contribution is 0.581. The molecule has 0 amide bonds. The number of hydrogen-bond acceptors (Lipinski definition) is 3. The van der Waals surface area contributed by atoms with E-state index in [0.29, 0.717) is 22.1 Å². The van der Waals surface area contributed by atoms with Crippen LogP contribution in [-0.4, -0.2) is 14.8 Å². The van der Waals surface area contributed by atoms with Crippen LogP contribution in [0.25, 0.3) is 17.1 Å². The third-order valence-electron chi connectivity index (χ3n) is 4.05. The van der Waals surface area contributed by atoms with Gasteiger partial charge in [0.05, 0.1) is 5.56 Å². The Morgan fingerprint density at radius 3 is 2.18 bits per heavy atom. The number of rotatable bonds is 5. The van der Waals surface area contributed by atoms with Crippen LogP contribution in [0.5, 0.6) is 0 Å². The highest BCUT2D eigenvalue weighted by Crippen LogP contribution is 2.31. The first-order valence-corrected chi connectivity index (χ1v) is 9.44. The fourth-order valence-corrected chi connectivity index (χ4v) is 3.71. The molecular formula is C21H14F3N3S. The Morgan fingerprint density at radius 1 is 0.786 bits per heavy atom. The van der Waals surface area contributed by atoms with Crippen molar-refractivity contribution in [3.8, 4) is 17.1 Å². The Bertz CT molecular complexity index is 1090. The normalized spacial score (nSPS) is 11.0. The predicted octanol–water partition coefficient (Wildman–Crippen LogP) is 5.64. The average molecular weight is 397 g/mol. The maximum atomic E-state index is 14.3. The fourth-order valence-electron chi connectivity index (χ4n) is 2.83. The molecule has 1 heterocycles. The fraction of sp³-hybridized carbons (Fsp3) is 0.0476. The zero-order chi connectivity index (χ0) is 19.5. The van der Waals surface area contributed by atoms with Crippen molar-refractivity contribution >= 4 is 11.8 Å². The summed E-state index contributed by atoms with van der Waals surface area (Å²) in [6.07, 6.45) is 0. The van der Waals surface area contributed by atoms with E-state index in [0.717, 1.165) is 11.8 Å². The minimum absolute atomic E-state index is 0.289. The number of thioether (sulfide) groups is 1. The molecule has 28 heavy (non-hydrogen) atoms. The molecular weight excluding hydrogens is 383 g/mol. The van der Waals surface area contributed by atoms with Crippen molar-refractivity contribution < 1.29 is 13.2 Å². The van der Waals surface area contributed by atoms with Crippen LogP contribution in [0.1, 0.15) is 5.56 Å². The molecule has 0 bridgehead atoms. The van der Waals surface area contributed by atoms with E-state index < -0.39 is 17.5 Å². The quantitative estimate of drug-likeness (QED) is 0.408. The molecule has 140 valence electrons. The summed E-state index contributed by atoms with van der Waals surface area (Å²) in [6, 6.07) is 19.0. The van der Waals surface area contributed by atoms with Gasteiger partial charge in [-0.2, -0.15) is 0 Å². The van der Waals surface area contributed by atoms with Gasteiger partial charge in [0.15, 0.2) is 11.0 Å². The van der Waals surface area contributed by atoms with Crippen LogP contribution in [-0.2, 0) is 5.75 Å². The summed E-state index contributed by atoms with van der Waals surface area (Å²) < 4.78 is 43.0. The molecule has 0 radical (unpaired) electrons. The predicted molar refractivity (Wildman–Crippen MR) is 103 cm³/mol. The molecule has 4 aromatic rings. The van der Waals surface area contributed by atoms with Gasteiger partial charge < -0.3 is 0 Å². The molecule has 0 saturated carbocycles. The highest BCUT2D eigenvalue weighted by atomic mass is 32.2. The van der Waals surface area contributed by atoms with E-state index in [9.17, 15) is 13.2 Å². The Labute approximate surface area is 163 Å². The summed E-state index contributed by atoms with van der Waals surface area (Å²) in [5.41, 5.74) is 1.57. The largest absolute Gasteiger partial charge is 0.270 e. The summed E-state index contributed by atoms with van der Waals surface area (Å²) in [5, 5.41) is 8.86. The molecule has 0 unspecified atom stereocenters. The van der Waals surface area contributed by atoms with Gasteiger partial charge in [-0.15, -0.1) is 10.2 Å². The van der Waals surface area contributed by atoms with E-state index in [1.165, 1.54) is 30.0 Å². The highest BCUT2D eigenvalue weighted by molar-refractivity contribution is 7.98. The van der Waals surface area contributed by atoms with Gasteiger partial charge in [-0.1, -0.05) is 42.1 Å². The maximum absolute atomic E-state index is 14.3. The summed E-state index contributed by atoms with van der Waals surface area (Å²) in [6.45, 7) is 0. The first kappa shape index (κ1) is 18.3. The van der Waals surface area contributed by atoms with Crippen LogP contribution < -0.4 is 0 Å². The van der Waals surface area contributed by atoms with Crippen LogP contribution in [0, 0.1) is 17.5 Å². The van der Waals surface area contributed by atoms with Crippen LogP contribution in [0.2, 0.25) is 0 Å². The molecule has 0 spiro atoms. The Morgan fingerprint density at radius 2 is 1.46 bits per heavy atom. The molecule has 0 N–H and O–H groups in total. The molecule has 7 heteroatoms. The van der Waals surface area contributed by atoms with Crippen molar-refractivity contribution in [3.63, 3.8) is 0 Å². The number of benzene rings is 3. The Kier molecular flexibility index (Phi) is 5.16. The molecule has 3 aromatic carbocycles. The van der Waals surface area contributed by atoms with Gasteiger partial charge in [0.25, 0.3) is 0 Å². The monoisotopic (exact) mass is 397 g/mol. The van der Waals surface area contributed by atoms with Crippen molar-refractivity contribution in [2.45, 2.75) is 10.9 Å². The molecule has 0 aliphatic rings. The van der Waals surface area contributed by atoms with Crippen LogP contribution in [0.3, 0.4) is 0 Å². The second-order valence-electron chi connectivity index (χ2n) is 6.02. The van der Waals surface area contributed by atoms with Crippen molar-refractivity contribution in [1.29, 1.82) is 0 Å². The second kappa shape index (κ2) is 7.90. The zero-order valence-corrected chi connectivity index (χ0v) is 15.3. The first-order valence-electron chi connectivity index (χ1n) is 8.45. The SMILES string of the molecule is Fc1cc(F)cc(CSc2nnc(-c3ccccc3F)n2-c2ccccc2)c1. The van der Waals surface area contributed by atoms with Gasteiger partial charge in [0.1, 0.15) is 17.5 Å². The third-order valence-corrected chi connectivity index (χ3v) is 5.05. The number of halogens is 3. The van der Waals surface area contributed by atoms with Crippen molar-refractivity contribution in [1.82, 2.24) is 14.8 Å². The van der Waals surface area contributed by atoms with Gasteiger partial charge >= 0.3 is 0 Å². The number of hydrogen-bond donors (Lipinski definition) is 0. The Balaban J connectivity index is 1.74. The molecule has 0 saturated heterocycles. The number of para-hydroxylation sites is 1. The van der Waals surface area contributed by atoms with E-state index in [-0.39, 0.29) is 5.75 Å². The second-order valence-corrected chi connectivity index (χ2v) is 6.97. The van der Waals surface area contributed by atoms with Gasteiger partial charge in [-0.3, -0.25) is 4.57 Å². The lowest BCUT2D eigenvalue weighted by Crippen LogP contribution is -2.00. The topological polar surface area (TPSA) is 30.7 Å². The summed E-state index contributed by atoms with van der Waals surface area (Å²) in [5.74, 6) is -1.02. The zero-order valence-electron chi connectivity index (χ0n) is 14.5. The van der Waals surface area contributed by atoms with E-state index in [1.54, 1.807) is 22.8 Å². The minimum Gasteiger partial charge on any atom is -0.270 e. The Hall–Kier alpha value is -3.06. The molecule has 4 rings (SSSR count). The van der Waals surface area contributed by atoms with E-state index in [1.807, 2.05) is 30.3 Å². The molecule has 0 aliphatic heterocycles. The first-order chi connectivity index (χ1) is 13.6. The highest BCUT2D eigenvalue weighted by Gasteiger charge is 2.18. The average Bonchev–Trinajstić information content (AvgIpc) is 3.10. The molecule has 0 atom stereocenters. The summed E-state index contributed by atoms with van der Waals surface area (Å²) in [4.78, 5) is 0. The molecule has 0 aliphatic carbocycles. The van der Waals surface area contributed by atoms with Gasteiger partial charge in [-0.05, 0) is 42.0 Å². The molecule has 1 aromatic heterocycles. The minimum atomic E-state index is -0.632. The van der Waals surface area contributed by atoms with Crippen LogP contribution >= 0.6 is 11.8 Å². The smallest absolute Gasteiger partial charge is 0.196 e. The van der Waals surface area contributed by atoms with E-state index in [4.69, 9.17) is 0 Å². The third kappa shape index (κ3) is 3.80. The van der Waals surface area contributed by atoms with Crippen molar-refractivity contribution in [2.24, 2.45) is 0 Å². The van der Waals surface area contributed by atoms with Crippen molar-refractivity contribution in [2.75, 3.05) is 0 Å². The van der Waals surface area contributed by atoms with Gasteiger partial charge in [0, 0.05) is 17.5 Å². The van der Waals surface area contributed by atoms with Crippen LogP contribution in [0.4, 0.5) is 13.2 Å². The number of aromatic nitrogens is 3. The van der Waals surface area contributed by atoms with E-state index >= 15 is 0 Å². The van der Waals surface area contributed by atoms with Crippen LogP contribution in [0.15, 0.2) is 78.0 Å².